The van der Waals surface area contributed by atoms with Gasteiger partial charge in [0.15, 0.2) is 0 Å². The second-order valence-corrected chi connectivity index (χ2v) is 7.90. The predicted molar refractivity (Wildman–Crippen MR) is 124 cm³/mol. The highest BCUT2D eigenvalue weighted by molar-refractivity contribution is 5.99. The highest BCUT2D eigenvalue weighted by atomic mass is 19.1. The fourth-order valence-corrected chi connectivity index (χ4v) is 3.16. The van der Waals surface area contributed by atoms with Gasteiger partial charge < -0.3 is 5.41 Å². The Labute approximate surface area is 171 Å². The van der Waals surface area contributed by atoms with E-state index in [0.717, 1.165) is 18.4 Å². The molecule has 0 aromatic heterocycles. The van der Waals surface area contributed by atoms with Crippen molar-refractivity contribution in [2.75, 3.05) is 6.67 Å². The molecule has 0 radical (unpaired) electrons. The third-order valence-corrected chi connectivity index (χ3v) is 5.28. The highest BCUT2D eigenvalue weighted by Gasteiger charge is 2.28. The normalized spacial score (nSPS) is 16.2. The molecule has 0 bridgehead atoms. The van der Waals surface area contributed by atoms with Crippen molar-refractivity contribution in [1.29, 1.82) is 5.41 Å². The summed E-state index contributed by atoms with van der Waals surface area (Å²) in [6.07, 6.45) is 8.80. The van der Waals surface area contributed by atoms with Crippen LogP contribution in [0.15, 0.2) is 56.7 Å². The number of halogens is 1. The van der Waals surface area contributed by atoms with Crippen molar-refractivity contribution < 1.29 is 4.39 Å². The quantitative estimate of drug-likeness (QED) is 0.177. The lowest BCUT2D eigenvalue weighted by molar-refractivity contribution is 0.560. The molecule has 3 nitrogen and oxygen atoms in total. The van der Waals surface area contributed by atoms with Gasteiger partial charge in [-0.15, -0.1) is 0 Å². The van der Waals surface area contributed by atoms with Gasteiger partial charge in [-0.2, -0.15) is 0 Å². The monoisotopic (exact) mass is 387 g/mol. The van der Waals surface area contributed by atoms with E-state index >= 15 is 0 Å². The van der Waals surface area contributed by atoms with Crippen molar-refractivity contribution in [2.24, 2.45) is 21.3 Å². The Morgan fingerprint density at radius 3 is 2.29 bits per heavy atom. The van der Waals surface area contributed by atoms with E-state index in [2.05, 4.69) is 58.2 Å². The molecule has 0 aromatic rings. The largest absolute Gasteiger partial charge is 0.304 e. The Balaban J connectivity index is 5.57. The van der Waals surface area contributed by atoms with Gasteiger partial charge in [0.2, 0.25) is 0 Å². The van der Waals surface area contributed by atoms with Gasteiger partial charge in [0.25, 0.3) is 0 Å². The van der Waals surface area contributed by atoms with E-state index in [0.29, 0.717) is 17.5 Å². The molecule has 0 aromatic carbocycles. The van der Waals surface area contributed by atoms with Crippen molar-refractivity contribution in [3.05, 3.63) is 46.7 Å². The highest BCUT2D eigenvalue weighted by Crippen LogP contribution is 2.35. The summed E-state index contributed by atoms with van der Waals surface area (Å²) in [4.78, 5) is 8.11. The van der Waals surface area contributed by atoms with Crippen LogP contribution < -0.4 is 0 Å². The summed E-state index contributed by atoms with van der Waals surface area (Å²) in [5.74, 6) is 1.00. The maximum Gasteiger partial charge on any atom is 0.124 e. The van der Waals surface area contributed by atoms with Crippen LogP contribution in [0, 0.1) is 16.7 Å². The minimum absolute atomic E-state index is 0.346. The molecule has 28 heavy (non-hydrogen) atoms. The second-order valence-electron chi connectivity index (χ2n) is 7.90. The van der Waals surface area contributed by atoms with Gasteiger partial charge in [-0.25, -0.2) is 14.4 Å². The fraction of sp³-hybridized carbons (Fsp3) is 0.542. The Kier molecular flexibility index (Phi) is 11.4. The van der Waals surface area contributed by atoms with Gasteiger partial charge in [0.05, 0.1) is 0 Å². The third-order valence-electron chi connectivity index (χ3n) is 5.28. The zero-order chi connectivity index (χ0) is 21.9. The molecule has 0 aliphatic heterocycles. The van der Waals surface area contributed by atoms with Crippen LogP contribution in [0.3, 0.4) is 0 Å². The average Bonchev–Trinajstić information content (AvgIpc) is 2.63. The van der Waals surface area contributed by atoms with E-state index in [1.54, 1.807) is 6.08 Å². The van der Waals surface area contributed by atoms with Crippen molar-refractivity contribution >= 4 is 18.3 Å². The summed E-state index contributed by atoms with van der Waals surface area (Å²) in [5, 5.41) is 8.56. The van der Waals surface area contributed by atoms with Crippen molar-refractivity contribution in [1.82, 2.24) is 0 Å². The molecule has 1 N–H and O–H groups in total. The van der Waals surface area contributed by atoms with E-state index in [9.17, 15) is 4.39 Å². The van der Waals surface area contributed by atoms with Gasteiger partial charge in [-0.05, 0) is 59.2 Å². The molecule has 0 saturated heterocycles. The third kappa shape index (κ3) is 8.28. The van der Waals surface area contributed by atoms with E-state index in [1.165, 1.54) is 22.8 Å². The van der Waals surface area contributed by atoms with Crippen LogP contribution in [0.5, 0.6) is 0 Å². The number of nitrogens with one attached hydrogen (secondary N) is 1. The van der Waals surface area contributed by atoms with Crippen LogP contribution in [0.25, 0.3) is 0 Å². The molecular weight excluding hydrogens is 349 g/mol. The van der Waals surface area contributed by atoms with Crippen LogP contribution in [0.4, 0.5) is 4.39 Å². The van der Waals surface area contributed by atoms with Crippen LogP contribution in [0.1, 0.15) is 68.2 Å². The zero-order valence-corrected chi connectivity index (χ0v) is 19.0. The summed E-state index contributed by atoms with van der Waals surface area (Å²) in [5.41, 5.74) is 4.78. The van der Waals surface area contributed by atoms with E-state index in [4.69, 9.17) is 5.41 Å². The molecule has 4 heteroatoms. The topological polar surface area (TPSA) is 48.6 Å². The molecule has 0 amide bonds. The minimum Gasteiger partial charge on any atom is -0.304 e. The number of hydrogen-bond acceptors (Lipinski definition) is 2. The number of hydrogen-bond donors (Lipinski definition) is 1. The number of rotatable bonds is 10. The minimum atomic E-state index is -0.483. The van der Waals surface area contributed by atoms with Crippen molar-refractivity contribution in [3.63, 3.8) is 0 Å². The molecule has 0 aliphatic rings. The van der Waals surface area contributed by atoms with Gasteiger partial charge in [0, 0.05) is 17.3 Å². The summed E-state index contributed by atoms with van der Waals surface area (Å²) < 4.78 is 12.4. The maximum absolute atomic E-state index is 12.4. The Bertz CT molecular complexity index is 703. The first kappa shape index (κ1) is 25.9. The lowest BCUT2D eigenvalue weighted by Gasteiger charge is -2.30. The van der Waals surface area contributed by atoms with E-state index in [1.807, 2.05) is 26.1 Å². The number of alkyl halides is 1. The maximum atomic E-state index is 12.4. The summed E-state index contributed by atoms with van der Waals surface area (Å²) in [6.45, 7) is 19.4. The molecule has 156 valence electrons. The molecule has 0 aliphatic carbocycles. The zero-order valence-electron chi connectivity index (χ0n) is 19.0. The summed E-state index contributed by atoms with van der Waals surface area (Å²) >= 11 is 0. The van der Waals surface area contributed by atoms with E-state index < -0.39 is 6.67 Å². The smallest absolute Gasteiger partial charge is 0.124 e. The Morgan fingerprint density at radius 2 is 1.79 bits per heavy atom. The predicted octanol–water partition coefficient (Wildman–Crippen LogP) is 7.28. The van der Waals surface area contributed by atoms with Gasteiger partial charge in [-0.3, -0.25) is 0 Å². The first-order valence-electron chi connectivity index (χ1n) is 9.87. The van der Waals surface area contributed by atoms with Crippen LogP contribution in [-0.4, -0.2) is 24.9 Å². The molecule has 0 saturated carbocycles. The van der Waals surface area contributed by atoms with E-state index in [-0.39, 0.29) is 5.41 Å². The van der Waals surface area contributed by atoms with Crippen LogP contribution in [-0.2, 0) is 0 Å². The SMILES string of the molecule is C=N/C(C)=N\C=C(/C)C(C)C/C(C)=C(\CC)C(C)(C)C(=N)/C=C\C(C)=C\CF. The molecule has 0 spiro atoms. The van der Waals surface area contributed by atoms with Gasteiger partial charge >= 0.3 is 0 Å². The van der Waals surface area contributed by atoms with Crippen LogP contribution in [0.2, 0.25) is 0 Å². The Morgan fingerprint density at radius 1 is 1.18 bits per heavy atom. The fourth-order valence-electron chi connectivity index (χ4n) is 3.16. The number of allylic oxidation sites excluding steroid dienone is 7. The molecular formula is C24H38FN3. The molecule has 1 unspecified atom stereocenters. The standard InChI is InChI=1S/C24H38FN3/c1-10-22(24(7,8)23(26)12-11-17(2)13-14-25)19(4)15-18(3)20(5)16-28-21(6)27-9/h11-13,16,18,26H,9-10,14-15H2,1-8H3/b12-11-,17-13+,20-16+,22-19+,26-23?,28-21-. The van der Waals surface area contributed by atoms with Crippen molar-refractivity contribution in [3.8, 4) is 0 Å². The number of amidine groups is 1. The summed E-state index contributed by atoms with van der Waals surface area (Å²) in [6, 6.07) is 0. The lowest BCUT2D eigenvalue weighted by Crippen LogP contribution is -2.25. The molecule has 0 rings (SSSR count). The van der Waals surface area contributed by atoms with Crippen LogP contribution >= 0.6 is 0 Å². The molecule has 0 heterocycles. The van der Waals surface area contributed by atoms with Gasteiger partial charge in [0.1, 0.15) is 12.5 Å². The second kappa shape index (κ2) is 12.4. The van der Waals surface area contributed by atoms with Crippen molar-refractivity contribution in [2.45, 2.75) is 68.2 Å². The number of aliphatic imine (C=N–C) groups is 2. The molecule has 1 atom stereocenters. The molecule has 0 fully saturated rings. The van der Waals surface area contributed by atoms with Gasteiger partial charge in [-0.1, -0.05) is 62.1 Å². The first-order valence-corrected chi connectivity index (χ1v) is 9.87. The number of nitrogens with zero attached hydrogens (tertiary/aromatic N) is 2. The first-order chi connectivity index (χ1) is 13.0. The summed E-state index contributed by atoms with van der Waals surface area (Å²) in [7, 11) is 0. The lowest BCUT2D eigenvalue weighted by atomic mass is 9.74. The average molecular weight is 388 g/mol. The Hall–Kier alpha value is -2.10.